The van der Waals surface area contributed by atoms with E-state index in [2.05, 4.69) is 5.32 Å². The van der Waals surface area contributed by atoms with Gasteiger partial charge >= 0.3 is 0 Å². The van der Waals surface area contributed by atoms with Crippen LogP contribution in [-0.2, 0) is 4.79 Å². The molecular weight excluding hydrogens is 256 g/mol. The van der Waals surface area contributed by atoms with Crippen molar-refractivity contribution < 1.29 is 14.6 Å². The van der Waals surface area contributed by atoms with E-state index >= 15 is 0 Å². The first kappa shape index (κ1) is 14.8. The molecule has 1 fully saturated rings. The van der Waals surface area contributed by atoms with E-state index < -0.39 is 0 Å². The van der Waals surface area contributed by atoms with E-state index in [1.54, 1.807) is 0 Å². The predicted molar refractivity (Wildman–Crippen MR) is 77.9 cm³/mol. The molecule has 1 aromatic carbocycles. The third-order valence-corrected chi connectivity index (χ3v) is 3.25. The standard InChI is InChI=1S/C15H22N2O3/c1-2-20-14-7-3-12(4-8-14)16-15(19)11-17(9-10-18)13-5-6-13/h3-4,7-8,13,18H,2,5-6,9-11H2,1H3,(H,16,19). The first-order valence-electron chi connectivity index (χ1n) is 7.10. The highest BCUT2D eigenvalue weighted by atomic mass is 16.5. The van der Waals surface area contributed by atoms with Gasteiger partial charge in [0, 0.05) is 18.3 Å². The second-order valence-electron chi connectivity index (χ2n) is 4.93. The van der Waals surface area contributed by atoms with Crippen molar-refractivity contribution in [2.45, 2.75) is 25.8 Å². The number of aliphatic hydroxyl groups is 1. The third-order valence-electron chi connectivity index (χ3n) is 3.25. The molecule has 5 heteroatoms. The number of nitrogens with zero attached hydrogens (tertiary/aromatic N) is 1. The molecule has 1 aliphatic carbocycles. The number of benzene rings is 1. The maximum Gasteiger partial charge on any atom is 0.238 e. The van der Waals surface area contributed by atoms with E-state index in [9.17, 15) is 4.79 Å². The zero-order valence-corrected chi connectivity index (χ0v) is 11.8. The molecule has 0 saturated heterocycles. The highest BCUT2D eigenvalue weighted by molar-refractivity contribution is 5.92. The van der Waals surface area contributed by atoms with Gasteiger partial charge in [0.05, 0.1) is 19.8 Å². The van der Waals surface area contributed by atoms with Gasteiger partial charge in [0.1, 0.15) is 5.75 Å². The summed E-state index contributed by atoms with van der Waals surface area (Å²) in [6.45, 7) is 3.54. The molecule has 0 atom stereocenters. The molecule has 5 nitrogen and oxygen atoms in total. The molecule has 2 rings (SSSR count). The van der Waals surface area contributed by atoms with Gasteiger partial charge in [-0.2, -0.15) is 0 Å². The lowest BCUT2D eigenvalue weighted by Gasteiger charge is -2.20. The lowest BCUT2D eigenvalue weighted by molar-refractivity contribution is -0.117. The van der Waals surface area contributed by atoms with Crippen LogP contribution in [0.4, 0.5) is 5.69 Å². The quantitative estimate of drug-likeness (QED) is 0.756. The Balaban J connectivity index is 1.83. The minimum absolute atomic E-state index is 0.0468. The van der Waals surface area contributed by atoms with E-state index in [-0.39, 0.29) is 12.5 Å². The van der Waals surface area contributed by atoms with Crippen molar-refractivity contribution in [2.24, 2.45) is 0 Å². The highest BCUT2D eigenvalue weighted by Gasteiger charge is 2.29. The fourth-order valence-corrected chi connectivity index (χ4v) is 2.14. The van der Waals surface area contributed by atoms with Gasteiger partial charge in [-0.3, -0.25) is 9.69 Å². The molecule has 1 aromatic rings. The number of hydrogen-bond acceptors (Lipinski definition) is 4. The zero-order chi connectivity index (χ0) is 14.4. The Kier molecular flexibility index (Phi) is 5.38. The number of nitrogens with one attached hydrogen (secondary N) is 1. The summed E-state index contributed by atoms with van der Waals surface area (Å²) in [7, 11) is 0. The second-order valence-corrected chi connectivity index (χ2v) is 4.93. The van der Waals surface area contributed by atoms with Crippen LogP contribution >= 0.6 is 0 Å². The summed E-state index contributed by atoms with van der Waals surface area (Å²) < 4.78 is 5.35. The van der Waals surface area contributed by atoms with Crippen LogP contribution in [0, 0.1) is 0 Å². The molecule has 2 N–H and O–H groups in total. The molecule has 1 amide bonds. The highest BCUT2D eigenvalue weighted by Crippen LogP contribution is 2.26. The van der Waals surface area contributed by atoms with Crippen LogP contribution in [0.15, 0.2) is 24.3 Å². The maximum absolute atomic E-state index is 12.0. The minimum atomic E-state index is -0.0468. The van der Waals surface area contributed by atoms with Crippen molar-refractivity contribution in [3.8, 4) is 5.75 Å². The number of amides is 1. The Bertz CT molecular complexity index is 429. The van der Waals surface area contributed by atoms with E-state index in [0.717, 1.165) is 24.3 Å². The van der Waals surface area contributed by atoms with E-state index in [1.165, 1.54) is 0 Å². The second kappa shape index (κ2) is 7.26. The zero-order valence-electron chi connectivity index (χ0n) is 11.8. The number of rotatable bonds is 8. The van der Waals surface area contributed by atoms with Crippen molar-refractivity contribution in [1.29, 1.82) is 0 Å². The van der Waals surface area contributed by atoms with Gasteiger partial charge in [-0.25, -0.2) is 0 Å². The molecule has 1 aliphatic rings. The Morgan fingerprint density at radius 1 is 1.40 bits per heavy atom. The molecule has 110 valence electrons. The number of carbonyl (C=O) groups excluding carboxylic acids is 1. The van der Waals surface area contributed by atoms with Crippen molar-refractivity contribution in [3.05, 3.63) is 24.3 Å². The molecule has 1 saturated carbocycles. The van der Waals surface area contributed by atoms with Crippen molar-refractivity contribution >= 4 is 11.6 Å². The molecule has 0 heterocycles. The van der Waals surface area contributed by atoms with Crippen LogP contribution in [-0.4, -0.2) is 48.3 Å². The molecule has 0 spiro atoms. The first-order valence-corrected chi connectivity index (χ1v) is 7.10. The van der Waals surface area contributed by atoms with Crippen LogP contribution in [0.1, 0.15) is 19.8 Å². The third kappa shape index (κ3) is 4.51. The van der Waals surface area contributed by atoms with Gasteiger partial charge in [0.25, 0.3) is 0 Å². The Morgan fingerprint density at radius 2 is 2.10 bits per heavy atom. The summed E-state index contributed by atoms with van der Waals surface area (Å²) in [6.07, 6.45) is 2.24. The fourth-order valence-electron chi connectivity index (χ4n) is 2.14. The van der Waals surface area contributed by atoms with Crippen LogP contribution in [0.3, 0.4) is 0 Å². The van der Waals surface area contributed by atoms with E-state index in [1.807, 2.05) is 36.1 Å². The van der Waals surface area contributed by atoms with Crippen LogP contribution in [0.2, 0.25) is 0 Å². The largest absolute Gasteiger partial charge is 0.494 e. The van der Waals surface area contributed by atoms with Crippen LogP contribution in [0.25, 0.3) is 0 Å². The number of hydrogen-bond donors (Lipinski definition) is 2. The molecule has 0 aromatic heterocycles. The van der Waals surface area contributed by atoms with Gasteiger partial charge in [-0.05, 0) is 44.0 Å². The Hall–Kier alpha value is -1.59. The number of carbonyl (C=O) groups is 1. The smallest absolute Gasteiger partial charge is 0.238 e. The van der Waals surface area contributed by atoms with Crippen molar-refractivity contribution in [1.82, 2.24) is 4.90 Å². The SMILES string of the molecule is CCOc1ccc(NC(=O)CN(CCO)C2CC2)cc1. The Morgan fingerprint density at radius 3 is 2.65 bits per heavy atom. The van der Waals surface area contributed by atoms with Crippen molar-refractivity contribution in [3.63, 3.8) is 0 Å². The van der Waals surface area contributed by atoms with Crippen LogP contribution in [0.5, 0.6) is 5.75 Å². The molecular formula is C15H22N2O3. The lowest BCUT2D eigenvalue weighted by atomic mass is 10.3. The summed E-state index contributed by atoms with van der Waals surface area (Å²) in [6, 6.07) is 7.80. The van der Waals surface area contributed by atoms with Gasteiger partial charge in [-0.15, -0.1) is 0 Å². The minimum Gasteiger partial charge on any atom is -0.494 e. The van der Waals surface area contributed by atoms with Crippen molar-refractivity contribution in [2.75, 3.05) is 31.6 Å². The molecule has 0 aliphatic heterocycles. The van der Waals surface area contributed by atoms with E-state index in [0.29, 0.717) is 25.7 Å². The Labute approximate surface area is 119 Å². The topological polar surface area (TPSA) is 61.8 Å². The lowest BCUT2D eigenvalue weighted by Crippen LogP contribution is -2.36. The average Bonchev–Trinajstić information content (AvgIpc) is 3.25. The molecule has 0 unspecified atom stereocenters. The number of aliphatic hydroxyl groups excluding tert-OH is 1. The molecule has 0 radical (unpaired) electrons. The van der Waals surface area contributed by atoms with Gasteiger partial charge < -0.3 is 15.2 Å². The van der Waals surface area contributed by atoms with Gasteiger partial charge in [0.2, 0.25) is 5.91 Å². The maximum atomic E-state index is 12.0. The summed E-state index contributed by atoms with van der Waals surface area (Å²) >= 11 is 0. The summed E-state index contributed by atoms with van der Waals surface area (Å²) in [5.41, 5.74) is 0.762. The van der Waals surface area contributed by atoms with Gasteiger partial charge in [-0.1, -0.05) is 0 Å². The first-order chi connectivity index (χ1) is 9.72. The molecule has 0 bridgehead atoms. The summed E-state index contributed by atoms with van der Waals surface area (Å²) in [5.74, 6) is 0.750. The van der Waals surface area contributed by atoms with E-state index in [4.69, 9.17) is 9.84 Å². The predicted octanol–water partition coefficient (Wildman–Crippen LogP) is 1.48. The monoisotopic (exact) mass is 278 g/mol. The number of anilines is 1. The fraction of sp³-hybridized carbons (Fsp3) is 0.533. The average molecular weight is 278 g/mol. The van der Waals surface area contributed by atoms with Crippen LogP contribution < -0.4 is 10.1 Å². The summed E-state index contributed by atoms with van der Waals surface area (Å²) in [5, 5.41) is 11.9. The molecule has 20 heavy (non-hydrogen) atoms. The van der Waals surface area contributed by atoms with Gasteiger partial charge in [0.15, 0.2) is 0 Å². The summed E-state index contributed by atoms with van der Waals surface area (Å²) in [4.78, 5) is 14.0. The number of ether oxygens (including phenoxy) is 1. The normalized spacial score (nSPS) is 14.3.